The highest BCUT2D eigenvalue weighted by Gasteiger charge is 2.51. The van der Waals surface area contributed by atoms with Crippen molar-refractivity contribution in [1.82, 2.24) is 0 Å². The minimum Gasteiger partial charge on any atom is -0.311 e. The number of thiophene rings is 1. The van der Waals surface area contributed by atoms with Crippen LogP contribution in [-0.4, -0.2) is 0 Å². The fourth-order valence-corrected chi connectivity index (χ4v) is 14.4. The number of anilines is 6. The SMILES string of the molecule is Cc1ccc(N(c2ccc(-c3ccc(N(c4ccc5c(c4)-c4ccccc4C5(C)C)c4ccc5sc6ccccc6c5c4)cc3)cc2)c2ccc(C34CC5CC(CC(C5)C3)C4)cc2)cc1. The number of hydrogen-bond donors (Lipinski definition) is 0. The van der Waals surface area contributed by atoms with Crippen molar-refractivity contribution in [2.45, 2.75) is 70.1 Å². The summed E-state index contributed by atoms with van der Waals surface area (Å²) in [6.45, 7) is 6.88. The maximum atomic E-state index is 2.48. The summed E-state index contributed by atoms with van der Waals surface area (Å²) in [5.74, 6) is 2.83. The molecule has 1 aromatic heterocycles. The minimum atomic E-state index is -0.0451. The number of hydrogen-bond acceptors (Lipinski definition) is 3. The summed E-state index contributed by atoms with van der Waals surface area (Å²) in [6, 6.07) is 69.0. The Morgan fingerprint density at radius 2 is 0.908 bits per heavy atom. The summed E-state index contributed by atoms with van der Waals surface area (Å²) in [5.41, 5.74) is 18.1. The first-order chi connectivity index (χ1) is 31.8. The number of benzene rings is 8. The van der Waals surface area contributed by atoms with E-state index in [1.165, 1.54) is 115 Å². The summed E-state index contributed by atoms with van der Waals surface area (Å²) in [7, 11) is 0. The van der Waals surface area contributed by atoms with E-state index in [2.05, 4.69) is 213 Å². The van der Waals surface area contributed by atoms with Gasteiger partial charge in [-0.15, -0.1) is 11.3 Å². The van der Waals surface area contributed by atoms with Gasteiger partial charge >= 0.3 is 0 Å². The van der Waals surface area contributed by atoms with Crippen LogP contribution in [-0.2, 0) is 10.8 Å². The van der Waals surface area contributed by atoms with Crippen LogP contribution in [0.25, 0.3) is 42.4 Å². The van der Waals surface area contributed by atoms with Gasteiger partial charge in [-0.1, -0.05) is 116 Å². The Hall–Kier alpha value is -6.42. The molecule has 0 aliphatic heterocycles. The fourth-order valence-electron chi connectivity index (χ4n) is 13.3. The maximum absolute atomic E-state index is 2.48. The van der Waals surface area contributed by atoms with Crippen LogP contribution >= 0.6 is 11.3 Å². The van der Waals surface area contributed by atoms with Gasteiger partial charge in [0.15, 0.2) is 0 Å². The molecule has 9 aromatic rings. The van der Waals surface area contributed by atoms with Crippen LogP contribution in [0.4, 0.5) is 34.1 Å². The van der Waals surface area contributed by atoms with E-state index in [4.69, 9.17) is 0 Å². The Morgan fingerprint density at radius 3 is 1.55 bits per heavy atom. The van der Waals surface area contributed by atoms with Crippen LogP contribution < -0.4 is 9.80 Å². The van der Waals surface area contributed by atoms with Crippen LogP contribution in [0.3, 0.4) is 0 Å². The van der Waals surface area contributed by atoms with E-state index < -0.39 is 0 Å². The molecule has 1 heterocycles. The lowest BCUT2D eigenvalue weighted by molar-refractivity contribution is -0.00518. The van der Waals surface area contributed by atoms with Crippen molar-refractivity contribution in [3.8, 4) is 22.3 Å². The van der Waals surface area contributed by atoms with Gasteiger partial charge in [0.25, 0.3) is 0 Å². The molecule has 0 atom stereocenters. The molecule has 0 amide bonds. The molecule has 0 N–H and O–H groups in total. The van der Waals surface area contributed by atoms with E-state index in [-0.39, 0.29) is 5.41 Å². The fraction of sp³-hybridized carbons (Fsp3) is 0.226. The summed E-state index contributed by atoms with van der Waals surface area (Å²) in [6.07, 6.45) is 8.61. The normalized spacial score (nSPS) is 21.1. The van der Waals surface area contributed by atoms with Gasteiger partial charge in [-0.25, -0.2) is 0 Å². The van der Waals surface area contributed by atoms with Crippen molar-refractivity contribution < 1.29 is 0 Å². The first-order valence-electron chi connectivity index (χ1n) is 23.9. The van der Waals surface area contributed by atoms with E-state index >= 15 is 0 Å². The monoisotopic (exact) mass is 858 g/mol. The summed E-state index contributed by atoms with van der Waals surface area (Å²) in [4.78, 5) is 4.87. The zero-order chi connectivity index (χ0) is 43.4. The second-order valence-corrected chi connectivity index (χ2v) is 21.6. The lowest BCUT2D eigenvalue weighted by Crippen LogP contribution is -2.48. The van der Waals surface area contributed by atoms with Crippen molar-refractivity contribution in [2.75, 3.05) is 9.80 Å². The standard InChI is InChI=1S/C62H54N2S/c1-40-12-20-47(21-13-40)63(50-26-18-46(19-27-50)62-37-41-32-42(38-62)34-43(33-41)39-62)48-22-14-44(15-23-48)45-16-24-49(25-17-45)64(52-29-31-60-56(36-52)54-9-5-7-11-59(54)65-60)51-28-30-58-55(35-51)53-8-4-6-10-57(53)61(58,2)3/h4-31,35-36,41-43H,32-34,37-39H2,1-3H3. The number of aryl methyl sites for hydroxylation is 1. The van der Waals surface area contributed by atoms with Crippen molar-refractivity contribution in [1.29, 1.82) is 0 Å². The average molecular weight is 859 g/mol. The van der Waals surface area contributed by atoms with Gasteiger partial charge in [0.05, 0.1) is 0 Å². The molecule has 65 heavy (non-hydrogen) atoms. The highest BCUT2D eigenvalue weighted by Crippen LogP contribution is 2.61. The van der Waals surface area contributed by atoms with E-state index in [1.807, 2.05) is 11.3 Å². The minimum absolute atomic E-state index is 0.0451. The Kier molecular flexibility index (Phi) is 8.88. The molecule has 5 aliphatic rings. The Balaban J connectivity index is 0.846. The predicted octanol–water partition coefficient (Wildman–Crippen LogP) is 17.7. The third kappa shape index (κ3) is 6.41. The van der Waals surface area contributed by atoms with E-state index in [1.54, 1.807) is 5.56 Å². The summed E-state index contributed by atoms with van der Waals surface area (Å²) < 4.78 is 2.64. The molecule has 5 aliphatic carbocycles. The Labute approximate surface area is 387 Å². The molecule has 2 nitrogen and oxygen atoms in total. The topological polar surface area (TPSA) is 6.48 Å². The zero-order valence-corrected chi connectivity index (χ0v) is 38.4. The highest BCUT2D eigenvalue weighted by molar-refractivity contribution is 7.25. The van der Waals surface area contributed by atoms with Crippen molar-refractivity contribution >= 4 is 65.6 Å². The maximum Gasteiger partial charge on any atom is 0.0468 e. The van der Waals surface area contributed by atoms with Crippen molar-refractivity contribution in [3.63, 3.8) is 0 Å². The molecule has 4 bridgehead atoms. The Bertz CT molecular complexity index is 3230. The van der Waals surface area contributed by atoms with Crippen molar-refractivity contribution in [2.24, 2.45) is 17.8 Å². The van der Waals surface area contributed by atoms with Gasteiger partial charge in [-0.2, -0.15) is 0 Å². The molecule has 318 valence electrons. The van der Waals surface area contributed by atoms with Gasteiger partial charge in [0, 0.05) is 59.7 Å². The number of fused-ring (bicyclic) bond motifs is 6. The van der Waals surface area contributed by atoms with E-state index in [0.717, 1.165) is 34.8 Å². The van der Waals surface area contributed by atoms with E-state index in [9.17, 15) is 0 Å². The van der Waals surface area contributed by atoms with Crippen LogP contribution in [0.2, 0.25) is 0 Å². The highest BCUT2D eigenvalue weighted by atomic mass is 32.1. The molecule has 0 saturated heterocycles. The molecule has 3 heteroatoms. The van der Waals surface area contributed by atoms with Gasteiger partial charge < -0.3 is 9.80 Å². The molecule has 8 aromatic carbocycles. The van der Waals surface area contributed by atoms with Crippen LogP contribution in [0.5, 0.6) is 0 Å². The molecular formula is C62H54N2S. The van der Waals surface area contributed by atoms with E-state index in [0.29, 0.717) is 5.41 Å². The number of nitrogens with zero attached hydrogens (tertiary/aromatic N) is 2. The lowest BCUT2D eigenvalue weighted by Gasteiger charge is -2.57. The molecule has 0 spiro atoms. The summed E-state index contributed by atoms with van der Waals surface area (Å²) >= 11 is 1.87. The second-order valence-electron chi connectivity index (χ2n) is 20.5. The lowest BCUT2D eigenvalue weighted by atomic mass is 9.48. The van der Waals surface area contributed by atoms with Gasteiger partial charge in [0.1, 0.15) is 0 Å². The van der Waals surface area contributed by atoms with Crippen LogP contribution in [0, 0.1) is 24.7 Å². The molecule has 0 radical (unpaired) electrons. The first-order valence-corrected chi connectivity index (χ1v) is 24.7. The first kappa shape index (κ1) is 39.0. The summed E-state index contributed by atoms with van der Waals surface area (Å²) in [5, 5.41) is 2.61. The molecule has 0 unspecified atom stereocenters. The number of rotatable bonds is 8. The van der Waals surface area contributed by atoms with Gasteiger partial charge in [-0.05, 0) is 192 Å². The smallest absolute Gasteiger partial charge is 0.0468 e. The van der Waals surface area contributed by atoms with Crippen molar-refractivity contribution in [3.05, 3.63) is 204 Å². The van der Waals surface area contributed by atoms with Crippen LogP contribution in [0.1, 0.15) is 74.6 Å². The predicted molar refractivity (Wildman–Crippen MR) is 276 cm³/mol. The quantitative estimate of drug-likeness (QED) is 0.150. The second kappa shape index (κ2) is 14.8. The zero-order valence-electron chi connectivity index (χ0n) is 37.6. The molecule has 4 saturated carbocycles. The third-order valence-electron chi connectivity index (χ3n) is 16.1. The molecule has 4 fully saturated rings. The average Bonchev–Trinajstić information content (AvgIpc) is 3.81. The van der Waals surface area contributed by atoms with Crippen LogP contribution in [0.15, 0.2) is 182 Å². The van der Waals surface area contributed by atoms with Gasteiger partial charge in [0.2, 0.25) is 0 Å². The van der Waals surface area contributed by atoms with Gasteiger partial charge in [-0.3, -0.25) is 0 Å². The largest absolute Gasteiger partial charge is 0.311 e. The third-order valence-corrected chi connectivity index (χ3v) is 17.2. The molecule has 14 rings (SSSR count). The Morgan fingerprint density at radius 1 is 0.431 bits per heavy atom. The molecular weight excluding hydrogens is 805 g/mol.